The minimum Gasteiger partial charge on any atom is -0.480 e. The van der Waals surface area contributed by atoms with Gasteiger partial charge in [0.25, 0.3) is 5.91 Å². The molecule has 0 fully saturated rings. The van der Waals surface area contributed by atoms with Crippen LogP contribution >= 0.6 is 0 Å². The maximum absolute atomic E-state index is 12.0. The molecule has 5 heteroatoms. The van der Waals surface area contributed by atoms with E-state index in [2.05, 4.69) is 31.1 Å². The van der Waals surface area contributed by atoms with Gasteiger partial charge in [-0.2, -0.15) is 0 Å². The molecule has 2 N–H and O–H groups in total. The van der Waals surface area contributed by atoms with Crippen molar-refractivity contribution >= 4 is 11.9 Å². The van der Waals surface area contributed by atoms with E-state index in [1.165, 1.54) is 0 Å². The molecule has 1 amide bonds. The van der Waals surface area contributed by atoms with Crippen LogP contribution in [0.4, 0.5) is 0 Å². The quantitative estimate of drug-likeness (QED) is 0.845. The summed E-state index contributed by atoms with van der Waals surface area (Å²) in [7, 11) is 0. The van der Waals surface area contributed by atoms with Gasteiger partial charge in [-0.15, -0.1) is 0 Å². The lowest BCUT2D eigenvalue weighted by molar-refractivity contribution is -0.139. The van der Waals surface area contributed by atoms with Crippen molar-refractivity contribution in [2.75, 3.05) is 0 Å². The molecular weight excluding hydrogens is 268 g/mol. The van der Waals surface area contributed by atoms with Crippen LogP contribution in [0.25, 0.3) is 0 Å². The van der Waals surface area contributed by atoms with Crippen molar-refractivity contribution in [2.24, 2.45) is 0 Å². The standard InChI is InChI=1S/C16H24N2O3/c1-5-6-7-13(15(20)21)18-14(19)12-9-8-11(10-17-12)16(2,3)4/h8-10,13H,5-7H2,1-4H3,(H,18,19)(H,20,21). The topological polar surface area (TPSA) is 79.3 Å². The molecule has 0 bridgehead atoms. The van der Waals surface area contributed by atoms with Crippen LogP contribution in [0.1, 0.15) is 63.0 Å². The van der Waals surface area contributed by atoms with Gasteiger partial charge in [0.15, 0.2) is 0 Å². The van der Waals surface area contributed by atoms with E-state index >= 15 is 0 Å². The van der Waals surface area contributed by atoms with Crippen LogP contribution in [0.2, 0.25) is 0 Å². The van der Waals surface area contributed by atoms with Gasteiger partial charge in [-0.3, -0.25) is 9.78 Å². The number of aromatic nitrogens is 1. The third-order valence-electron chi connectivity index (χ3n) is 3.31. The molecular formula is C16H24N2O3. The second-order valence-electron chi connectivity index (χ2n) is 6.19. The average Bonchev–Trinajstić information content (AvgIpc) is 2.42. The highest BCUT2D eigenvalue weighted by Gasteiger charge is 2.21. The number of unbranched alkanes of at least 4 members (excludes halogenated alkanes) is 1. The molecule has 1 aromatic heterocycles. The summed E-state index contributed by atoms with van der Waals surface area (Å²) >= 11 is 0. The van der Waals surface area contributed by atoms with Gasteiger partial charge in [0.05, 0.1) is 0 Å². The van der Waals surface area contributed by atoms with Crippen LogP contribution in [0.5, 0.6) is 0 Å². The molecule has 116 valence electrons. The highest BCUT2D eigenvalue weighted by molar-refractivity contribution is 5.94. The number of carboxylic acid groups (broad SMARTS) is 1. The Balaban J connectivity index is 2.76. The molecule has 0 aliphatic carbocycles. The number of nitrogens with one attached hydrogen (secondary N) is 1. The van der Waals surface area contributed by atoms with Gasteiger partial charge >= 0.3 is 5.97 Å². The predicted molar refractivity (Wildman–Crippen MR) is 81.4 cm³/mol. The number of aliphatic carboxylic acids is 1. The van der Waals surface area contributed by atoms with Crippen molar-refractivity contribution < 1.29 is 14.7 Å². The lowest BCUT2D eigenvalue weighted by Crippen LogP contribution is -2.41. The largest absolute Gasteiger partial charge is 0.480 e. The second kappa shape index (κ2) is 7.20. The van der Waals surface area contributed by atoms with Crippen LogP contribution < -0.4 is 5.32 Å². The molecule has 0 saturated heterocycles. The highest BCUT2D eigenvalue weighted by atomic mass is 16.4. The van der Waals surface area contributed by atoms with Crippen LogP contribution in [0, 0.1) is 0 Å². The first-order valence-corrected chi connectivity index (χ1v) is 7.26. The van der Waals surface area contributed by atoms with Crippen molar-refractivity contribution in [3.8, 4) is 0 Å². The maximum Gasteiger partial charge on any atom is 0.326 e. The number of carbonyl (C=O) groups is 2. The molecule has 21 heavy (non-hydrogen) atoms. The second-order valence-corrected chi connectivity index (χ2v) is 6.19. The van der Waals surface area contributed by atoms with Gasteiger partial charge in [-0.25, -0.2) is 4.79 Å². The lowest BCUT2D eigenvalue weighted by Gasteiger charge is -2.18. The van der Waals surface area contributed by atoms with Crippen LogP contribution in [0.3, 0.4) is 0 Å². The molecule has 1 heterocycles. The smallest absolute Gasteiger partial charge is 0.326 e. The first kappa shape index (κ1) is 17.1. The van der Waals surface area contributed by atoms with E-state index in [0.29, 0.717) is 6.42 Å². The Bertz CT molecular complexity index is 489. The molecule has 0 aromatic carbocycles. The molecule has 0 aliphatic rings. The minimum absolute atomic E-state index is 0.0350. The van der Waals surface area contributed by atoms with Crippen molar-refractivity contribution in [1.82, 2.24) is 10.3 Å². The Kier molecular flexibility index (Phi) is 5.88. The molecule has 0 radical (unpaired) electrons. The van der Waals surface area contributed by atoms with Crippen LogP contribution in [-0.4, -0.2) is 28.0 Å². The van der Waals surface area contributed by atoms with Crippen molar-refractivity contribution in [1.29, 1.82) is 0 Å². The SMILES string of the molecule is CCCCC(NC(=O)c1ccc(C(C)(C)C)cn1)C(=O)O. The third kappa shape index (κ3) is 5.17. The number of carbonyl (C=O) groups excluding carboxylic acids is 1. The number of hydrogen-bond donors (Lipinski definition) is 2. The first-order chi connectivity index (χ1) is 9.75. The molecule has 5 nitrogen and oxygen atoms in total. The van der Waals surface area contributed by atoms with E-state index in [1.54, 1.807) is 12.3 Å². The highest BCUT2D eigenvalue weighted by Crippen LogP contribution is 2.20. The number of amides is 1. The zero-order chi connectivity index (χ0) is 16.0. The first-order valence-electron chi connectivity index (χ1n) is 7.26. The van der Waals surface area contributed by atoms with E-state index < -0.39 is 17.9 Å². The third-order valence-corrected chi connectivity index (χ3v) is 3.31. The Morgan fingerprint density at radius 3 is 2.43 bits per heavy atom. The Labute approximate surface area is 125 Å². The predicted octanol–water partition coefficient (Wildman–Crippen LogP) is 2.75. The Morgan fingerprint density at radius 2 is 2.00 bits per heavy atom. The van der Waals surface area contributed by atoms with Gasteiger partial charge in [0.2, 0.25) is 0 Å². The molecule has 1 unspecified atom stereocenters. The van der Waals surface area contributed by atoms with E-state index in [4.69, 9.17) is 5.11 Å². The van der Waals surface area contributed by atoms with Gasteiger partial charge in [0.1, 0.15) is 11.7 Å². The van der Waals surface area contributed by atoms with E-state index in [1.807, 2.05) is 13.0 Å². The van der Waals surface area contributed by atoms with Gasteiger partial charge in [-0.1, -0.05) is 46.6 Å². The van der Waals surface area contributed by atoms with Crippen molar-refractivity contribution in [3.63, 3.8) is 0 Å². The summed E-state index contributed by atoms with van der Waals surface area (Å²) in [5.74, 6) is -1.46. The summed E-state index contributed by atoms with van der Waals surface area (Å²) in [4.78, 5) is 27.3. The monoisotopic (exact) mass is 292 g/mol. The van der Waals surface area contributed by atoms with Gasteiger partial charge < -0.3 is 10.4 Å². The van der Waals surface area contributed by atoms with E-state index in [9.17, 15) is 9.59 Å². The summed E-state index contributed by atoms with van der Waals surface area (Å²) < 4.78 is 0. The summed E-state index contributed by atoms with van der Waals surface area (Å²) in [6.45, 7) is 8.17. The fraction of sp³-hybridized carbons (Fsp3) is 0.562. The normalized spacial score (nSPS) is 12.8. The molecule has 0 saturated carbocycles. The average molecular weight is 292 g/mol. The summed E-state index contributed by atoms with van der Waals surface area (Å²) in [6.07, 6.45) is 3.74. The summed E-state index contributed by atoms with van der Waals surface area (Å²) in [5, 5.41) is 11.6. The molecule has 0 aliphatic heterocycles. The fourth-order valence-corrected chi connectivity index (χ4v) is 1.87. The lowest BCUT2D eigenvalue weighted by atomic mass is 9.88. The number of pyridine rings is 1. The number of carboxylic acids is 1. The van der Waals surface area contributed by atoms with Crippen LogP contribution in [-0.2, 0) is 10.2 Å². The van der Waals surface area contributed by atoms with Crippen molar-refractivity contribution in [3.05, 3.63) is 29.6 Å². The molecule has 1 rings (SSSR count). The molecule has 1 aromatic rings. The van der Waals surface area contributed by atoms with Gasteiger partial charge in [0, 0.05) is 6.20 Å². The molecule has 0 spiro atoms. The minimum atomic E-state index is -1.01. The van der Waals surface area contributed by atoms with Crippen LogP contribution in [0.15, 0.2) is 18.3 Å². The number of hydrogen-bond acceptors (Lipinski definition) is 3. The maximum atomic E-state index is 12.0. The molecule has 1 atom stereocenters. The summed E-state index contributed by atoms with van der Waals surface area (Å²) in [6, 6.07) is 2.62. The van der Waals surface area contributed by atoms with Gasteiger partial charge in [-0.05, 0) is 23.5 Å². The Morgan fingerprint density at radius 1 is 1.33 bits per heavy atom. The fourth-order valence-electron chi connectivity index (χ4n) is 1.87. The van der Waals surface area contributed by atoms with E-state index in [-0.39, 0.29) is 11.1 Å². The number of rotatable bonds is 6. The van der Waals surface area contributed by atoms with E-state index in [0.717, 1.165) is 18.4 Å². The zero-order valence-electron chi connectivity index (χ0n) is 13.1. The zero-order valence-corrected chi connectivity index (χ0v) is 13.1. The number of nitrogens with zero attached hydrogens (tertiary/aromatic N) is 1. The van der Waals surface area contributed by atoms with Crippen molar-refractivity contribution in [2.45, 2.75) is 58.4 Å². The Hall–Kier alpha value is -1.91. The summed E-state index contributed by atoms with van der Waals surface area (Å²) in [5.41, 5.74) is 1.23.